The maximum Gasteiger partial charge on any atom is 0.0535 e. The molecule has 0 saturated carbocycles. The Kier molecular flexibility index (Phi) is 1.66. The first-order valence-corrected chi connectivity index (χ1v) is 4.20. The zero-order valence-corrected chi connectivity index (χ0v) is 6.36. The highest BCUT2D eigenvalue weighted by atomic mass is 16.5. The summed E-state index contributed by atoms with van der Waals surface area (Å²) in [6.07, 6.45) is 3.97. The van der Waals surface area contributed by atoms with Gasteiger partial charge in [-0.25, -0.2) is 0 Å². The highest BCUT2D eigenvalue weighted by Gasteiger charge is 2.35. The molecule has 0 amide bonds. The molecule has 0 radical (unpaired) electrons. The van der Waals surface area contributed by atoms with Gasteiger partial charge in [0.05, 0.1) is 6.61 Å². The van der Waals surface area contributed by atoms with Crippen molar-refractivity contribution >= 4 is 0 Å². The van der Waals surface area contributed by atoms with Gasteiger partial charge in [-0.15, -0.1) is 0 Å². The predicted molar refractivity (Wildman–Crippen MR) is 40.0 cm³/mol. The molecule has 2 aliphatic rings. The van der Waals surface area contributed by atoms with Crippen molar-refractivity contribution in [2.75, 3.05) is 26.3 Å². The van der Waals surface area contributed by atoms with E-state index in [2.05, 4.69) is 5.32 Å². The average Bonchev–Trinajstić information content (AvgIpc) is 2.39. The quantitative estimate of drug-likeness (QED) is 0.538. The smallest absolute Gasteiger partial charge is 0.0535 e. The molecule has 2 fully saturated rings. The third-order valence-corrected chi connectivity index (χ3v) is 2.74. The summed E-state index contributed by atoms with van der Waals surface area (Å²) in [7, 11) is 0. The molecule has 0 aromatic rings. The molecule has 0 aliphatic carbocycles. The van der Waals surface area contributed by atoms with Gasteiger partial charge in [0.25, 0.3) is 0 Å². The summed E-state index contributed by atoms with van der Waals surface area (Å²) in [4.78, 5) is 0. The molecule has 0 aromatic heterocycles. The fraction of sp³-hybridized carbons (Fsp3) is 1.00. The van der Waals surface area contributed by atoms with E-state index in [4.69, 9.17) is 4.74 Å². The molecule has 10 heavy (non-hydrogen) atoms. The van der Waals surface area contributed by atoms with Crippen LogP contribution < -0.4 is 5.32 Å². The Morgan fingerprint density at radius 2 is 2.30 bits per heavy atom. The molecule has 2 heterocycles. The Hall–Kier alpha value is -0.0800. The van der Waals surface area contributed by atoms with Crippen LogP contribution in [0.1, 0.15) is 19.3 Å². The fourth-order valence-corrected chi connectivity index (χ4v) is 2.04. The summed E-state index contributed by atoms with van der Waals surface area (Å²) in [6, 6.07) is 0. The molecule has 0 bridgehead atoms. The average molecular weight is 141 g/mol. The summed E-state index contributed by atoms with van der Waals surface area (Å²) < 4.78 is 5.47. The minimum atomic E-state index is 0.540. The number of hydrogen-bond acceptors (Lipinski definition) is 2. The number of rotatable bonds is 0. The van der Waals surface area contributed by atoms with Crippen LogP contribution in [0.4, 0.5) is 0 Å². The summed E-state index contributed by atoms with van der Waals surface area (Å²) in [5, 5.41) is 3.40. The van der Waals surface area contributed by atoms with Crippen LogP contribution in [0.2, 0.25) is 0 Å². The van der Waals surface area contributed by atoms with Crippen molar-refractivity contribution in [3.8, 4) is 0 Å². The minimum absolute atomic E-state index is 0.540. The maximum atomic E-state index is 5.47. The van der Waals surface area contributed by atoms with Crippen molar-refractivity contribution in [1.82, 2.24) is 5.32 Å². The second kappa shape index (κ2) is 2.51. The molecule has 0 unspecified atom stereocenters. The van der Waals surface area contributed by atoms with Crippen LogP contribution >= 0.6 is 0 Å². The van der Waals surface area contributed by atoms with Gasteiger partial charge < -0.3 is 10.1 Å². The molecule has 2 aliphatic heterocycles. The Morgan fingerprint density at radius 1 is 1.30 bits per heavy atom. The molecule has 2 saturated heterocycles. The highest BCUT2D eigenvalue weighted by molar-refractivity contribution is 4.89. The largest absolute Gasteiger partial charge is 0.381 e. The van der Waals surface area contributed by atoms with E-state index in [0.717, 1.165) is 13.2 Å². The van der Waals surface area contributed by atoms with Gasteiger partial charge in [-0.1, -0.05) is 0 Å². The summed E-state index contributed by atoms with van der Waals surface area (Å²) in [5.41, 5.74) is 0.540. The van der Waals surface area contributed by atoms with Gasteiger partial charge >= 0.3 is 0 Å². The monoisotopic (exact) mass is 141 g/mol. The molecular formula is C8H15NO. The van der Waals surface area contributed by atoms with Gasteiger partial charge in [0.2, 0.25) is 0 Å². The van der Waals surface area contributed by atoms with Crippen LogP contribution in [0.3, 0.4) is 0 Å². The molecule has 0 aromatic carbocycles. The van der Waals surface area contributed by atoms with Gasteiger partial charge in [0.15, 0.2) is 0 Å². The number of hydrogen-bond donors (Lipinski definition) is 1. The third kappa shape index (κ3) is 1.06. The van der Waals surface area contributed by atoms with E-state index in [0.29, 0.717) is 5.41 Å². The van der Waals surface area contributed by atoms with Gasteiger partial charge in [-0.05, 0) is 25.8 Å². The first-order valence-electron chi connectivity index (χ1n) is 4.20. The van der Waals surface area contributed by atoms with Gasteiger partial charge in [-0.2, -0.15) is 0 Å². The van der Waals surface area contributed by atoms with E-state index in [1.54, 1.807) is 0 Å². The van der Waals surface area contributed by atoms with E-state index in [1.165, 1.54) is 32.4 Å². The van der Waals surface area contributed by atoms with E-state index < -0.39 is 0 Å². The molecular weight excluding hydrogens is 126 g/mol. The Labute approximate surface area is 61.9 Å². The second-order valence-electron chi connectivity index (χ2n) is 3.58. The van der Waals surface area contributed by atoms with Gasteiger partial charge in [0.1, 0.15) is 0 Å². The number of ether oxygens (including phenoxy) is 1. The van der Waals surface area contributed by atoms with Crippen LogP contribution in [0.5, 0.6) is 0 Å². The lowest BCUT2D eigenvalue weighted by atomic mass is 9.82. The molecule has 1 N–H and O–H groups in total. The van der Waals surface area contributed by atoms with Crippen LogP contribution in [-0.2, 0) is 4.74 Å². The zero-order valence-electron chi connectivity index (χ0n) is 6.36. The third-order valence-electron chi connectivity index (χ3n) is 2.74. The van der Waals surface area contributed by atoms with Crippen molar-refractivity contribution in [3.63, 3.8) is 0 Å². The van der Waals surface area contributed by atoms with Crippen LogP contribution in [-0.4, -0.2) is 26.3 Å². The van der Waals surface area contributed by atoms with Crippen molar-refractivity contribution in [3.05, 3.63) is 0 Å². The normalized spacial score (nSPS) is 40.8. The second-order valence-corrected chi connectivity index (χ2v) is 3.58. The number of nitrogens with one attached hydrogen (secondary N) is 1. The first-order chi connectivity index (χ1) is 4.91. The predicted octanol–water partition coefficient (Wildman–Crippen LogP) is 0.776. The van der Waals surface area contributed by atoms with Crippen molar-refractivity contribution < 1.29 is 4.74 Å². The van der Waals surface area contributed by atoms with Crippen molar-refractivity contribution in [1.29, 1.82) is 0 Å². The summed E-state index contributed by atoms with van der Waals surface area (Å²) >= 11 is 0. The highest BCUT2D eigenvalue weighted by Crippen LogP contribution is 2.33. The zero-order chi connectivity index (χ0) is 6.86. The lowest BCUT2D eigenvalue weighted by molar-refractivity contribution is 0.00347. The van der Waals surface area contributed by atoms with Crippen LogP contribution in [0.25, 0.3) is 0 Å². The van der Waals surface area contributed by atoms with Gasteiger partial charge in [0, 0.05) is 18.6 Å². The summed E-state index contributed by atoms with van der Waals surface area (Å²) in [5.74, 6) is 0. The Balaban J connectivity index is 1.98. The van der Waals surface area contributed by atoms with Crippen LogP contribution in [0, 0.1) is 5.41 Å². The molecule has 2 rings (SSSR count). The molecule has 1 spiro atoms. The van der Waals surface area contributed by atoms with Crippen LogP contribution in [0.15, 0.2) is 0 Å². The molecule has 2 nitrogen and oxygen atoms in total. The van der Waals surface area contributed by atoms with Crippen molar-refractivity contribution in [2.24, 2.45) is 5.41 Å². The Bertz CT molecular complexity index is 110. The molecule has 1 atom stereocenters. The van der Waals surface area contributed by atoms with E-state index in [9.17, 15) is 0 Å². The lowest BCUT2D eigenvalue weighted by Crippen LogP contribution is -2.33. The van der Waals surface area contributed by atoms with Crippen molar-refractivity contribution in [2.45, 2.75) is 19.3 Å². The van der Waals surface area contributed by atoms with E-state index in [-0.39, 0.29) is 0 Å². The standard InChI is InChI=1S/C8H15NO/c1-2-8(7-10-5-1)3-4-9-6-8/h9H,1-7H2/t8-/m1/s1. The first kappa shape index (κ1) is 6.62. The van der Waals surface area contributed by atoms with Gasteiger partial charge in [-0.3, -0.25) is 0 Å². The lowest BCUT2D eigenvalue weighted by Gasteiger charge is -2.31. The Morgan fingerprint density at radius 3 is 2.90 bits per heavy atom. The fourth-order valence-electron chi connectivity index (χ4n) is 2.04. The SMILES string of the molecule is C1COC[C@]2(C1)CCNC2. The molecule has 58 valence electrons. The molecule has 2 heteroatoms. The minimum Gasteiger partial charge on any atom is -0.381 e. The summed E-state index contributed by atoms with van der Waals surface area (Å²) in [6.45, 7) is 4.37. The topological polar surface area (TPSA) is 21.3 Å². The van der Waals surface area contributed by atoms with E-state index >= 15 is 0 Å². The maximum absolute atomic E-state index is 5.47. The van der Waals surface area contributed by atoms with E-state index in [1.807, 2.05) is 0 Å².